The Kier molecular flexibility index (Phi) is 7.27. The second-order valence-corrected chi connectivity index (χ2v) is 8.41. The number of amides is 2. The number of ether oxygens (including phenoxy) is 2. The van der Waals surface area contributed by atoms with Crippen molar-refractivity contribution >= 4 is 29.2 Å². The van der Waals surface area contributed by atoms with Crippen molar-refractivity contribution in [3.63, 3.8) is 0 Å². The van der Waals surface area contributed by atoms with Crippen LogP contribution < -0.4 is 5.48 Å². The number of nitrogens with one attached hydrogen (secondary N) is 1. The topological polar surface area (TPSA) is 93.2 Å². The summed E-state index contributed by atoms with van der Waals surface area (Å²) < 4.78 is 38.4. The highest BCUT2D eigenvalue weighted by atomic mass is 32.1. The third-order valence-electron chi connectivity index (χ3n) is 5.38. The quantitative estimate of drug-likeness (QED) is 0.660. The number of rotatable bonds is 5. The number of hydrazine groups is 1. The Balaban J connectivity index is 1.50. The first-order valence-corrected chi connectivity index (χ1v) is 11.7. The van der Waals surface area contributed by atoms with Crippen LogP contribution in [0.3, 0.4) is 0 Å². The third-order valence-corrected chi connectivity index (χ3v) is 6.38. The standard InChI is InChI=1S/C22H24F2N4O5S/c1-3-31-21(29)27-9-8-13(11-28(27)22(30)32-4-2)20-25-17(12-34-20)16-10-18(33-26-16)19-14(23)6-5-7-15(19)24/h5-7,10,12-13,18,26H,3-4,8-9,11H2,1-2H3. The fraction of sp³-hybridized carbons (Fsp3) is 0.409. The molecule has 0 aliphatic carbocycles. The van der Waals surface area contributed by atoms with Crippen molar-refractivity contribution < 1.29 is 32.7 Å². The highest BCUT2D eigenvalue weighted by molar-refractivity contribution is 7.09. The van der Waals surface area contributed by atoms with Gasteiger partial charge in [-0.2, -0.15) is 0 Å². The summed E-state index contributed by atoms with van der Waals surface area (Å²) in [5.74, 6) is -1.54. The van der Waals surface area contributed by atoms with Crippen LogP contribution in [0.5, 0.6) is 0 Å². The molecule has 0 bridgehead atoms. The summed E-state index contributed by atoms with van der Waals surface area (Å²) in [6, 6.07) is 3.64. The first kappa shape index (κ1) is 23.9. The third kappa shape index (κ3) is 4.82. The van der Waals surface area contributed by atoms with Gasteiger partial charge in [0.1, 0.15) is 17.7 Å². The number of hydroxylamine groups is 1. The predicted octanol–water partition coefficient (Wildman–Crippen LogP) is 4.36. The van der Waals surface area contributed by atoms with Crippen LogP contribution >= 0.6 is 11.3 Å². The molecule has 34 heavy (non-hydrogen) atoms. The normalized spacial score (nSPS) is 20.1. The molecule has 2 amide bonds. The number of benzene rings is 1. The van der Waals surface area contributed by atoms with Gasteiger partial charge in [-0.1, -0.05) is 6.07 Å². The van der Waals surface area contributed by atoms with E-state index in [9.17, 15) is 18.4 Å². The minimum absolute atomic E-state index is 0.142. The van der Waals surface area contributed by atoms with Gasteiger partial charge in [-0.3, -0.25) is 10.3 Å². The Hall–Kier alpha value is -3.25. The fourth-order valence-corrected chi connectivity index (χ4v) is 4.71. The SMILES string of the molecule is CCOC(=O)N1CCC(c2nc(C3=CC(c4c(F)cccc4F)ON3)cs2)CN1C(=O)OCC. The largest absolute Gasteiger partial charge is 0.448 e. The lowest BCUT2D eigenvalue weighted by Crippen LogP contribution is -2.55. The number of aromatic nitrogens is 1. The van der Waals surface area contributed by atoms with Gasteiger partial charge in [-0.05, 0) is 38.5 Å². The van der Waals surface area contributed by atoms with Crippen molar-refractivity contribution in [2.75, 3.05) is 26.3 Å². The van der Waals surface area contributed by atoms with E-state index in [1.807, 2.05) is 0 Å². The lowest BCUT2D eigenvalue weighted by Gasteiger charge is -2.39. The molecular weight excluding hydrogens is 470 g/mol. The molecule has 182 valence electrons. The Morgan fingerprint density at radius 3 is 2.53 bits per heavy atom. The molecule has 0 spiro atoms. The highest BCUT2D eigenvalue weighted by Gasteiger charge is 2.37. The summed E-state index contributed by atoms with van der Waals surface area (Å²) in [5, 5.41) is 5.03. The van der Waals surface area contributed by atoms with Gasteiger partial charge in [0.25, 0.3) is 0 Å². The Bertz CT molecular complexity index is 1070. The second-order valence-electron chi connectivity index (χ2n) is 7.52. The molecule has 12 heteroatoms. The Labute approximate surface area is 198 Å². The van der Waals surface area contributed by atoms with Crippen LogP contribution in [0.2, 0.25) is 0 Å². The number of hydrogen-bond donors (Lipinski definition) is 1. The molecule has 2 aliphatic heterocycles. The van der Waals surface area contributed by atoms with Crippen molar-refractivity contribution in [2.24, 2.45) is 0 Å². The van der Waals surface area contributed by atoms with E-state index in [0.29, 0.717) is 17.8 Å². The number of halogens is 2. The summed E-state index contributed by atoms with van der Waals surface area (Å²) in [6.45, 7) is 4.18. The number of nitrogens with zero attached hydrogens (tertiary/aromatic N) is 3. The summed E-state index contributed by atoms with van der Waals surface area (Å²) in [5.41, 5.74) is 3.54. The molecule has 0 radical (unpaired) electrons. The summed E-state index contributed by atoms with van der Waals surface area (Å²) in [6.07, 6.45) is -0.0611. The van der Waals surface area contributed by atoms with Crippen LogP contribution in [0.15, 0.2) is 29.7 Å². The first-order chi connectivity index (χ1) is 16.4. The minimum atomic E-state index is -0.937. The van der Waals surface area contributed by atoms with Gasteiger partial charge in [0.2, 0.25) is 0 Å². The van der Waals surface area contributed by atoms with Gasteiger partial charge in [-0.25, -0.2) is 33.4 Å². The van der Waals surface area contributed by atoms with Crippen LogP contribution in [0.1, 0.15) is 48.6 Å². The maximum atomic E-state index is 14.1. The van der Waals surface area contributed by atoms with Gasteiger partial charge in [0.05, 0.1) is 41.7 Å². The second kappa shape index (κ2) is 10.3. The zero-order valence-electron chi connectivity index (χ0n) is 18.6. The van der Waals surface area contributed by atoms with Crippen molar-refractivity contribution in [2.45, 2.75) is 32.3 Å². The van der Waals surface area contributed by atoms with Crippen LogP contribution in [0, 0.1) is 11.6 Å². The summed E-state index contributed by atoms with van der Waals surface area (Å²) in [4.78, 5) is 34.8. The van der Waals surface area contributed by atoms with Crippen LogP contribution in [-0.4, -0.2) is 53.5 Å². The van der Waals surface area contributed by atoms with Gasteiger partial charge < -0.3 is 9.47 Å². The number of hydrogen-bond acceptors (Lipinski definition) is 8. The molecule has 4 rings (SSSR count). The smallest absolute Gasteiger partial charge is 0.428 e. The summed E-state index contributed by atoms with van der Waals surface area (Å²) in [7, 11) is 0. The van der Waals surface area contributed by atoms with Crippen molar-refractivity contribution in [3.05, 3.63) is 57.6 Å². The first-order valence-electron chi connectivity index (χ1n) is 10.8. The van der Waals surface area contributed by atoms with Crippen LogP contribution in [0.4, 0.5) is 18.4 Å². The van der Waals surface area contributed by atoms with E-state index >= 15 is 0 Å². The molecule has 1 aromatic heterocycles. The molecule has 2 aromatic rings. The van der Waals surface area contributed by atoms with Gasteiger partial charge in [-0.15, -0.1) is 11.3 Å². The maximum absolute atomic E-state index is 14.1. The van der Waals surface area contributed by atoms with E-state index in [2.05, 4.69) is 10.5 Å². The van der Waals surface area contributed by atoms with Gasteiger partial charge in [0, 0.05) is 17.8 Å². The van der Waals surface area contributed by atoms with Crippen LogP contribution in [0.25, 0.3) is 5.70 Å². The minimum Gasteiger partial charge on any atom is -0.448 e. The Morgan fingerprint density at radius 2 is 1.85 bits per heavy atom. The van der Waals surface area contributed by atoms with Crippen molar-refractivity contribution in [1.82, 2.24) is 20.5 Å². The van der Waals surface area contributed by atoms with E-state index in [-0.39, 0.29) is 37.8 Å². The van der Waals surface area contributed by atoms with E-state index < -0.39 is 29.9 Å². The van der Waals surface area contributed by atoms with Gasteiger partial charge >= 0.3 is 12.2 Å². The van der Waals surface area contributed by atoms with Gasteiger partial charge in [0.15, 0.2) is 0 Å². The zero-order valence-corrected chi connectivity index (χ0v) is 19.4. The number of carbonyl (C=O) groups excluding carboxylic acids is 2. The lowest BCUT2D eigenvalue weighted by atomic mass is 10.0. The molecule has 2 aliphatic rings. The molecular formula is C22H24F2N4O5S. The average Bonchev–Trinajstić information content (AvgIpc) is 3.49. The molecule has 2 atom stereocenters. The highest BCUT2D eigenvalue weighted by Crippen LogP contribution is 2.34. The lowest BCUT2D eigenvalue weighted by molar-refractivity contribution is -0.0412. The molecule has 2 unspecified atom stereocenters. The number of thiazole rings is 1. The number of carbonyl (C=O) groups is 2. The molecule has 1 aromatic carbocycles. The Morgan fingerprint density at radius 1 is 1.18 bits per heavy atom. The van der Waals surface area contributed by atoms with Crippen molar-refractivity contribution in [1.29, 1.82) is 0 Å². The molecule has 1 saturated heterocycles. The average molecular weight is 495 g/mol. The fourth-order valence-electron chi connectivity index (χ4n) is 3.77. The molecule has 3 heterocycles. The van der Waals surface area contributed by atoms with E-state index in [4.69, 9.17) is 14.3 Å². The van der Waals surface area contributed by atoms with Crippen LogP contribution in [-0.2, 0) is 14.3 Å². The monoisotopic (exact) mass is 494 g/mol. The van der Waals surface area contributed by atoms with E-state index in [1.165, 1.54) is 39.6 Å². The molecule has 9 nitrogen and oxygen atoms in total. The molecule has 1 N–H and O–H groups in total. The molecule has 0 saturated carbocycles. The summed E-state index contributed by atoms with van der Waals surface area (Å²) >= 11 is 1.38. The molecule has 1 fully saturated rings. The maximum Gasteiger partial charge on any atom is 0.428 e. The van der Waals surface area contributed by atoms with Crippen molar-refractivity contribution in [3.8, 4) is 0 Å². The predicted molar refractivity (Wildman–Crippen MR) is 118 cm³/mol. The van der Waals surface area contributed by atoms with E-state index in [0.717, 1.165) is 5.01 Å². The zero-order chi connectivity index (χ0) is 24.2. The van der Waals surface area contributed by atoms with E-state index in [1.54, 1.807) is 25.3 Å².